The van der Waals surface area contributed by atoms with Crippen LogP contribution in [-0.4, -0.2) is 0 Å². The van der Waals surface area contributed by atoms with E-state index in [9.17, 15) is 0 Å². The highest BCUT2D eigenvalue weighted by Crippen LogP contribution is 2.50. The monoisotopic (exact) mass is 428 g/mol. The fourth-order valence-corrected chi connectivity index (χ4v) is 3.63. The summed E-state index contributed by atoms with van der Waals surface area (Å²) in [6.45, 7) is 20.4. The van der Waals surface area contributed by atoms with Crippen molar-refractivity contribution >= 4 is 16.7 Å². The number of hydrogen-bond donors (Lipinski definition) is 0. The lowest BCUT2D eigenvalue weighted by atomic mass is 9.91. The minimum atomic E-state index is 1.28. The summed E-state index contributed by atoms with van der Waals surface area (Å²) in [6.07, 6.45) is 0. The molecule has 0 aromatic heterocycles. The predicted octanol–water partition coefficient (Wildman–Crippen LogP) is 10.6. The van der Waals surface area contributed by atoms with Crippen LogP contribution in [0.1, 0.15) is 91.5 Å². The van der Waals surface area contributed by atoms with Gasteiger partial charge in [-0.3, -0.25) is 0 Å². The van der Waals surface area contributed by atoms with E-state index in [2.05, 4.69) is 98.8 Å². The summed E-state index contributed by atoms with van der Waals surface area (Å²) < 4.78 is 0. The molecule has 0 radical (unpaired) electrons. The van der Waals surface area contributed by atoms with Crippen molar-refractivity contribution in [2.75, 3.05) is 0 Å². The van der Waals surface area contributed by atoms with E-state index in [0.29, 0.717) is 0 Å². The largest absolute Gasteiger partial charge is 0.0683 e. The van der Waals surface area contributed by atoms with E-state index in [1.54, 1.807) is 0 Å². The molecule has 4 rings (SSSR count). The molecule has 0 bridgehead atoms. The maximum absolute atomic E-state index is 2.25. The average molecular weight is 429 g/mol. The van der Waals surface area contributed by atoms with Crippen LogP contribution in [-0.2, 0) is 0 Å². The van der Waals surface area contributed by atoms with Crippen molar-refractivity contribution in [3.8, 4) is 0 Å². The zero-order valence-corrected chi connectivity index (χ0v) is 22.1. The fraction of sp³-hybridized carbons (Fsp3) is 0.312. The summed E-state index contributed by atoms with van der Waals surface area (Å²) in [5, 5.41) is 0. The van der Waals surface area contributed by atoms with Crippen LogP contribution in [0.3, 0.4) is 0 Å². The molecule has 3 aromatic rings. The Labute approximate surface area is 198 Å². The first-order chi connectivity index (χ1) is 15.8. The van der Waals surface area contributed by atoms with Gasteiger partial charge in [0.25, 0.3) is 0 Å². The van der Waals surface area contributed by atoms with E-state index in [-0.39, 0.29) is 0 Å². The van der Waals surface area contributed by atoms with Crippen LogP contribution in [0, 0.1) is 0 Å². The zero-order chi connectivity index (χ0) is 24.5. The van der Waals surface area contributed by atoms with Gasteiger partial charge in [-0.15, -0.1) is 0 Å². The van der Waals surface area contributed by atoms with Gasteiger partial charge in [0.15, 0.2) is 0 Å². The van der Waals surface area contributed by atoms with E-state index in [1.165, 1.54) is 44.5 Å². The van der Waals surface area contributed by atoms with Crippen LogP contribution in [0.25, 0.3) is 16.7 Å². The first kappa shape index (κ1) is 29.1. The number of benzene rings is 3. The van der Waals surface area contributed by atoms with Gasteiger partial charge < -0.3 is 0 Å². The third-order valence-corrected chi connectivity index (χ3v) is 4.59. The normalized spacial score (nSPS) is 10.6. The van der Waals surface area contributed by atoms with Crippen LogP contribution in [0.4, 0.5) is 0 Å². The first-order valence-electron chi connectivity index (χ1n) is 12.4. The Hall–Kier alpha value is -2.86. The van der Waals surface area contributed by atoms with Crippen LogP contribution < -0.4 is 0 Å². The van der Waals surface area contributed by atoms with Gasteiger partial charge in [0.05, 0.1) is 0 Å². The highest BCUT2D eigenvalue weighted by molar-refractivity contribution is 6.24. The summed E-state index contributed by atoms with van der Waals surface area (Å²) in [5.74, 6) is 0. The maximum atomic E-state index is 2.25. The molecule has 0 heteroatoms. The number of rotatable bonds is 2. The van der Waals surface area contributed by atoms with Gasteiger partial charge in [-0.05, 0) is 52.8 Å². The van der Waals surface area contributed by atoms with Gasteiger partial charge in [-0.1, -0.05) is 146 Å². The molecule has 1 aliphatic rings. The molecule has 0 nitrogen and oxygen atoms in total. The molecule has 0 heterocycles. The zero-order valence-electron chi connectivity index (χ0n) is 22.1. The van der Waals surface area contributed by atoms with Crippen LogP contribution in [0.15, 0.2) is 90.5 Å². The van der Waals surface area contributed by atoms with Crippen molar-refractivity contribution in [3.63, 3.8) is 0 Å². The fourth-order valence-electron chi connectivity index (χ4n) is 3.63. The van der Waals surface area contributed by atoms with Gasteiger partial charge in [0.2, 0.25) is 0 Å². The Morgan fingerprint density at radius 2 is 0.750 bits per heavy atom. The minimum absolute atomic E-state index is 1.28. The van der Waals surface area contributed by atoms with E-state index >= 15 is 0 Å². The Balaban J connectivity index is 0.00000109. The Morgan fingerprint density at radius 1 is 0.406 bits per heavy atom. The minimum Gasteiger partial charge on any atom is -0.0683 e. The lowest BCUT2D eigenvalue weighted by molar-refractivity contribution is 1.40. The summed E-state index contributed by atoms with van der Waals surface area (Å²) >= 11 is 0. The third kappa shape index (κ3) is 6.82. The molecule has 0 saturated carbocycles. The molecular formula is C32H44. The molecule has 0 aliphatic heterocycles. The van der Waals surface area contributed by atoms with Crippen molar-refractivity contribution in [2.24, 2.45) is 0 Å². The van der Waals surface area contributed by atoms with Gasteiger partial charge in [-0.25, -0.2) is 0 Å². The lowest BCUT2D eigenvalue weighted by Crippen LogP contribution is -1.90. The molecule has 32 heavy (non-hydrogen) atoms. The van der Waals surface area contributed by atoms with Gasteiger partial charge >= 0.3 is 0 Å². The van der Waals surface area contributed by atoms with E-state index in [1.807, 2.05) is 55.4 Å². The number of allylic oxidation sites excluding steroid dienone is 3. The highest BCUT2D eigenvalue weighted by Gasteiger charge is 2.28. The summed E-state index contributed by atoms with van der Waals surface area (Å²) in [4.78, 5) is 0. The maximum Gasteiger partial charge on any atom is -0.00204 e. The molecule has 0 saturated heterocycles. The van der Waals surface area contributed by atoms with Crippen LogP contribution in [0.5, 0.6) is 0 Å². The van der Waals surface area contributed by atoms with Crippen LogP contribution in [0.2, 0.25) is 0 Å². The van der Waals surface area contributed by atoms with Gasteiger partial charge in [0.1, 0.15) is 0 Å². The predicted molar refractivity (Wildman–Crippen MR) is 149 cm³/mol. The van der Waals surface area contributed by atoms with E-state index < -0.39 is 0 Å². The highest BCUT2D eigenvalue weighted by atomic mass is 14.3. The molecule has 0 atom stereocenters. The molecule has 172 valence electrons. The average Bonchev–Trinajstić information content (AvgIpc) is 3.25. The Morgan fingerprint density at radius 3 is 1.16 bits per heavy atom. The second kappa shape index (κ2) is 16.8. The second-order valence-electron chi connectivity index (χ2n) is 6.40. The summed E-state index contributed by atoms with van der Waals surface area (Å²) in [7, 11) is 0. The van der Waals surface area contributed by atoms with Gasteiger partial charge in [0, 0.05) is 0 Å². The lowest BCUT2D eigenvalue weighted by Gasteiger charge is -2.12. The smallest absolute Gasteiger partial charge is 0.00204 e. The number of fused-ring (bicyclic) bond motifs is 1. The second-order valence-corrected chi connectivity index (χ2v) is 6.40. The first-order valence-corrected chi connectivity index (χ1v) is 12.4. The summed E-state index contributed by atoms with van der Waals surface area (Å²) in [6, 6.07) is 30.3. The molecule has 0 unspecified atom stereocenters. The SMILES string of the molecule is CC.CC.CC.CC.CC(C)=C1C(c2ccccc2)=C(c2ccccc2)c2ccccc21. The summed E-state index contributed by atoms with van der Waals surface area (Å²) in [5.41, 5.74) is 10.7. The van der Waals surface area contributed by atoms with Crippen LogP contribution >= 0.6 is 0 Å². The molecule has 0 fully saturated rings. The topological polar surface area (TPSA) is 0 Å². The standard InChI is InChI=1S/C24H20.4C2H6/c1-17(2)22-20-15-9-10-16-21(20)23(18-11-5-3-6-12-18)24(22)19-13-7-4-8-14-19;4*1-2/h3-16H,1-2H3;4*1-2H3. The molecule has 0 spiro atoms. The van der Waals surface area contributed by atoms with Crippen molar-refractivity contribution in [2.45, 2.75) is 69.2 Å². The van der Waals surface area contributed by atoms with E-state index in [4.69, 9.17) is 0 Å². The van der Waals surface area contributed by atoms with Gasteiger partial charge in [-0.2, -0.15) is 0 Å². The quantitative estimate of drug-likeness (QED) is 0.381. The molecule has 3 aromatic carbocycles. The number of hydrogen-bond acceptors (Lipinski definition) is 0. The van der Waals surface area contributed by atoms with Crippen molar-refractivity contribution in [1.82, 2.24) is 0 Å². The molecule has 0 amide bonds. The van der Waals surface area contributed by atoms with Crippen molar-refractivity contribution < 1.29 is 0 Å². The molecule has 0 N–H and O–H groups in total. The molecule has 1 aliphatic carbocycles. The van der Waals surface area contributed by atoms with Crippen molar-refractivity contribution in [1.29, 1.82) is 0 Å². The van der Waals surface area contributed by atoms with E-state index in [0.717, 1.165) is 0 Å². The third-order valence-electron chi connectivity index (χ3n) is 4.59. The Bertz CT molecular complexity index is 938. The van der Waals surface area contributed by atoms with Crippen molar-refractivity contribution in [3.05, 3.63) is 113 Å². The Kier molecular flexibility index (Phi) is 15.3. The molecular weight excluding hydrogens is 384 g/mol.